The van der Waals surface area contributed by atoms with Crippen LogP contribution < -0.4 is 0 Å². The molecule has 1 aromatic heterocycles. The Hall–Kier alpha value is -1.41. The number of hydrogen-bond acceptors (Lipinski definition) is 2. The van der Waals surface area contributed by atoms with Crippen LogP contribution in [0.4, 0.5) is 0 Å². The van der Waals surface area contributed by atoms with Gasteiger partial charge >= 0.3 is 0 Å². The van der Waals surface area contributed by atoms with Crippen LogP contribution in [0, 0.1) is 0 Å². The highest BCUT2D eigenvalue weighted by Gasteiger charge is 2.05. The summed E-state index contributed by atoms with van der Waals surface area (Å²) in [7, 11) is 0. The average Bonchev–Trinajstić information content (AvgIpc) is 2.17. The van der Waals surface area contributed by atoms with Gasteiger partial charge in [-0.1, -0.05) is 24.3 Å². The molecule has 1 N–H and O–H groups in total. The fraction of sp³-hybridized carbons (Fsp3) is 0.182. The van der Waals surface area contributed by atoms with Crippen molar-refractivity contribution in [3.63, 3.8) is 0 Å². The molecule has 0 unspecified atom stereocenters. The van der Waals surface area contributed by atoms with Gasteiger partial charge in [0, 0.05) is 23.3 Å². The first-order valence-corrected chi connectivity index (χ1v) is 4.30. The van der Waals surface area contributed by atoms with Crippen molar-refractivity contribution in [3.05, 3.63) is 42.2 Å². The van der Waals surface area contributed by atoms with E-state index in [9.17, 15) is 5.11 Å². The Labute approximate surface area is 76.9 Å². The van der Waals surface area contributed by atoms with E-state index in [2.05, 4.69) is 4.98 Å². The summed E-state index contributed by atoms with van der Waals surface area (Å²) >= 11 is 0. The van der Waals surface area contributed by atoms with Crippen LogP contribution in [0.5, 0.6) is 0 Å². The second-order valence-electron chi connectivity index (χ2n) is 3.13. The Bertz CT molecular complexity index is 418. The number of rotatable bonds is 1. The van der Waals surface area contributed by atoms with Crippen molar-refractivity contribution in [1.29, 1.82) is 0 Å². The van der Waals surface area contributed by atoms with E-state index < -0.39 is 6.10 Å². The van der Waals surface area contributed by atoms with Crippen LogP contribution in [0.15, 0.2) is 36.7 Å². The van der Waals surface area contributed by atoms with Crippen LogP contribution in [0.25, 0.3) is 10.8 Å². The second-order valence-corrected chi connectivity index (χ2v) is 3.13. The Kier molecular flexibility index (Phi) is 1.99. The molecule has 0 radical (unpaired) electrons. The van der Waals surface area contributed by atoms with Crippen LogP contribution in [0.1, 0.15) is 18.6 Å². The molecule has 1 atom stereocenters. The minimum atomic E-state index is -0.460. The smallest absolute Gasteiger partial charge is 0.0782 e. The number of aliphatic hydroxyl groups excluding tert-OH is 1. The number of aromatic nitrogens is 1. The van der Waals surface area contributed by atoms with Gasteiger partial charge in [0.15, 0.2) is 0 Å². The summed E-state index contributed by atoms with van der Waals surface area (Å²) in [6, 6.07) is 7.93. The zero-order valence-corrected chi connectivity index (χ0v) is 7.44. The van der Waals surface area contributed by atoms with Crippen LogP contribution in [-0.2, 0) is 0 Å². The van der Waals surface area contributed by atoms with Gasteiger partial charge in [-0.25, -0.2) is 0 Å². The van der Waals surface area contributed by atoms with Gasteiger partial charge < -0.3 is 5.11 Å². The third-order valence-corrected chi connectivity index (χ3v) is 2.15. The lowest BCUT2D eigenvalue weighted by Gasteiger charge is -2.07. The number of pyridine rings is 1. The van der Waals surface area contributed by atoms with E-state index in [1.165, 1.54) is 0 Å². The van der Waals surface area contributed by atoms with Crippen LogP contribution in [0.2, 0.25) is 0 Å². The summed E-state index contributed by atoms with van der Waals surface area (Å²) in [6.45, 7) is 1.75. The van der Waals surface area contributed by atoms with Crippen molar-refractivity contribution in [3.8, 4) is 0 Å². The van der Waals surface area contributed by atoms with E-state index in [0.717, 1.165) is 16.3 Å². The first kappa shape index (κ1) is 8.20. The molecule has 0 amide bonds. The Morgan fingerprint density at radius 2 is 2.00 bits per heavy atom. The minimum absolute atomic E-state index is 0.460. The third-order valence-electron chi connectivity index (χ3n) is 2.15. The van der Waals surface area contributed by atoms with Gasteiger partial charge in [-0.15, -0.1) is 0 Å². The molecule has 2 heteroatoms. The van der Waals surface area contributed by atoms with Gasteiger partial charge in [-0.05, 0) is 12.3 Å². The zero-order valence-electron chi connectivity index (χ0n) is 7.44. The van der Waals surface area contributed by atoms with Crippen molar-refractivity contribution >= 4 is 10.8 Å². The maximum atomic E-state index is 9.48. The molecule has 2 aromatic rings. The molecule has 0 saturated heterocycles. The number of aliphatic hydroxyl groups is 1. The van der Waals surface area contributed by atoms with Crippen LogP contribution in [0.3, 0.4) is 0 Å². The van der Waals surface area contributed by atoms with Crippen molar-refractivity contribution in [1.82, 2.24) is 4.98 Å². The lowest BCUT2D eigenvalue weighted by atomic mass is 10.0. The van der Waals surface area contributed by atoms with Crippen molar-refractivity contribution in [2.24, 2.45) is 0 Å². The van der Waals surface area contributed by atoms with Crippen molar-refractivity contribution in [2.75, 3.05) is 0 Å². The molecular weight excluding hydrogens is 162 g/mol. The molecule has 1 heterocycles. The van der Waals surface area contributed by atoms with Gasteiger partial charge in [-0.3, -0.25) is 4.98 Å². The summed E-state index contributed by atoms with van der Waals surface area (Å²) < 4.78 is 0. The van der Waals surface area contributed by atoms with E-state index >= 15 is 0 Å². The highest BCUT2D eigenvalue weighted by Crippen LogP contribution is 2.22. The monoisotopic (exact) mass is 173 g/mol. The first-order valence-electron chi connectivity index (χ1n) is 4.30. The summed E-state index contributed by atoms with van der Waals surface area (Å²) in [4.78, 5) is 4.07. The van der Waals surface area contributed by atoms with E-state index in [1.54, 1.807) is 19.3 Å². The van der Waals surface area contributed by atoms with Crippen LogP contribution in [-0.4, -0.2) is 10.1 Å². The molecule has 0 aliphatic heterocycles. The van der Waals surface area contributed by atoms with Crippen molar-refractivity contribution < 1.29 is 5.11 Å². The molecule has 13 heavy (non-hydrogen) atoms. The SMILES string of the molecule is C[C@@H](O)c1cncc2ccccc12. The highest BCUT2D eigenvalue weighted by atomic mass is 16.3. The number of hydrogen-bond donors (Lipinski definition) is 1. The maximum absolute atomic E-state index is 9.48. The first-order chi connectivity index (χ1) is 6.29. The number of benzene rings is 1. The second kappa shape index (κ2) is 3.15. The quantitative estimate of drug-likeness (QED) is 0.717. The van der Waals surface area contributed by atoms with Crippen molar-refractivity contribution in [2.45, 2.75) is 13.0 Å². The number of fused-ring (bicyclic) bond motifs is 1. The molecule has 0 saturated carbocycles. The molecular formula is C11H11NO. The van der Waals surface area contributed by atoms with Gasteiger partial charge in [-0.2, -0.15) is 0 Å². The molecule has 1 aromatic carbocycles. The molecule has 66 valence electrons. The molecule has 0 aliphatic carbocycles. The molecule has 2 nitrogen and oxygen atoms in total. The Morgan fingerprint density at radius 3 is 2.77 bits per heavy atom. The van der Waals surface area contributed by atoms with Gasteiger partial charge in [0.2, 0.25) is 0 Å². The maximum Gasteiger partial charge on any atom is 0.0782 e. The minimum Gasteiger partial charge on any atom is -0.389 e. The molecule has 2 rings (SSSR count). The lowest BCUT2D eigenvalue weighted by molar-refractivity contribution is 0.200. The predicted molar refractivity (Wildman–Crippen MR) is 52.4 cm³/mol. The fourth-order valence-electron chi connectivity index (χ4n) is 1.47. The summed E-state index contributed by atoms with van der Waals surface area (Å²) in [5.41, 5.74) is 0.887. The van der Waals surface area contributed by atoms with E-state index in [0.29, 0.717) is 0 Å². The normalized spacial score (nSPS) is 13.1. The zero-order chi connectivity index (χ0) is 9.26. The van der Waals surface area contributed by atoms with Gasteiger partial charge in [0.05, 0.1) is 6.10 Å². The topological polar surface area (TPSA) is 33.1 Å². The standard InChI is InChI=1S/C11H11NO/c1-8(13)11-7-12-6-9-4-2-3-5-10(9)11/h2-8,13H,1H3/t8-/m1/s1. The van der Waals surface area contributed by atoms with E-state index in [1.807, 2.05) is 24.3 Å². The van der Waals surface area contributed by atoms with E-state index in [-0.39, 0.29) is 0 Å². The third kappa shape index (κ3) is 1.40. The fourth-order valence-corrected chi connectivity index (χ4v) is 1.47. The summed E-state index contributed by atoms with van der Waals surface area (Å²) in [5, 5.41) is 11.6. The molecule has 0 spiro atoms. The number of nitrogens with zero attached hydrogens (tertiary/aromatic N) is 1. The predicted octanol–water partition coefficient (Wildman–Crippen LogP) is 2.29. The average molecular weight is 173 g/mol. The summed E-state index contributed by atoms with van der Waals surface area (Å²) in [6.07, 6.45) is 3.06. The Morgan fingerprint density at radius 1 is 1.23 bits per heavy atom. The Balaban J connectivity index is 2.76. The lowest BCUT2D eigenvalue weighted by Crippen LogP contribution is -1.93. The van der Waals surface area contributed by atoms with Gasteiger partial charge in [0.1, 0.15) is 0 Å². The summed E-state index contributed by atoms with van der Waals surface area (Å²) in [5.74, 6) is 0. The van der Waals surface area contributed by atoms with Gasteiger partial charge in [0.25, 0.3) is 0 Å². The highest BCUT2D eigenvalue weighted by molar-refractivity contribution is 5.84. The molecule has 0 bridgehead atoms. The molecule has 0 fully saturated rings. The van der Waals surface area contributed by atoms with E-state index in [4.69, 9.17) is 0 Å². The molecule has 0 aliphatic rings. The largest absolute Gasteiger partial charge is 0.389 e. The van der Waals surface area contributed by atoms with Crippen LogP contribution >= 0.6 is 0 Å².